The Morgan fingerprint density at radius 2 is 1.63 bits per heavy atom. The number of rotatable bonds is 7. The molecule has 38 heavy (non-hydrogen) atoms. The smallest absolute Gasteiger partial charge is 0.416 e. The Balaban J connectivity index is 2.05. The topological polar surface area (TPSA) is 62.6 Å². The van der Waals surface area contributed by atoms with Crippen LogP contribution in [-0.2, 0) is 34.9 Å². The van der Waals surface area contributed by atoms with E-state index in [0.29, 0.717) is 11.6 Å². The lowest BCUT2D eigenvalue weighted by atomic mass is 9.81. The number of methoxy groups -OCH3 is 2. The van der Waals surface area contributed by atoms with E-state index >= 15 is 0 Å². The SMILES string of the molecule is COC(=O)N(Cc1cc(C#N)cc(C(F)(F)F)c1)Cc1cc(C(F)(F)F)ccc1C(OC)C1CCCCC1. The molecule has 1 amide bonds. The molecule has 0 N–H and O–H groups in total. The molecule has 0 saturated heterocycles. The van der Waals surface area contributed by atoms with E-state index in [9.17, 15) is 36.4 Å². The number of ether oxygens (including phenoxy) is 2. The predicted octanol–water partition coefficient (Wildman–Crippen LogP) is 7.63. The van der Waals surface area contributed by atoms with Gasteiger partial charge in [0.25, 0.3) is 0 Å². The molecule has 1 aliphatic rings. The maximum atomic E-state index is 13.6. The third kappa shape index (κ3) is 7.19. The minimum Gasteiger partial charge on any atom is -0.453 e. The average Bonchev–Trinajstić information content (AvgIpc) is 2.88. The molecule has 1 saturated carbocycles. The highest BCUT2D eigenvalue weighted by Gasteiger charge is 2.34. The lowest BCUT2D eigenvalue weighted by molar-refractivity contribution is -0.138. The van der Waals surface area contributed by atoms with Crippen molar-refractivity contribution >= 4 is 6.09 Å². The van der Waals surface area contributed by atoms with E-state index in [1.54, 1.807) is 6.07 Å². The summed E-state index contributed by atoms with van der Waals surface area (Å²) >= 11 is 0. The third-order valence-electron chi connectivity index (χ3n) is 6.73. The third-order valence-corrected chi connectivity index (χ3v) is 6.73. The summed E-state index contributed by atoms with van der Waals surface area (Å²) in [4.78, 5) is 13.7. The normalized spacial score (nSPS) is 15.6. The van der Waals surface area contributed by atoms with Crippen molar-refractivity contribution in [2.75, 3.05) is 14.2 Å². The van der Waals surface area contributed by atoms with Crippen molar-refractivity contribution in [1.82, 2.24) is 4.90 Å². The van der Waals surface area contributed by atoms with E-state index < -0.39 is 42.2 Å². The maximum Gasteiger partial charge on any atom is 0.416 e. The fourth-order valence-corrected chi connectivity index (χ4v) is 4.96. The van der Waals surface area contributed by atoms with Gasteiger partial charge < -0.3 is 9.47 Å². The molecule has 1 unspecified atom stereocenters. The fourth-order valence-electron chi connectivity index (χ4n) is 4.96. The average molecular weight is 543 g/mol. The highest BCUT2D eigenvalue weighted by atomic mass is 19.4. The van der Waals surface area contributed by atoms with E-state index in [-0.39, 0.29) is 29.2 Å². The Labute approximate surface area is 216 Å². The Morgan fingerprint density at radius 3 is 2.18 bits per heavy atom. The second kappa shape index (κ2) is 12.1. The molecule has 206 valence electrons. The monoisotopic (exact) mass is 542 g/mol. The summed E-state index contributed by atoms with van der Waals surface area (Å²) in [5.74, 6) is 0.0671. The molecule has 3 rings (SSSR count). The number of benzene rings is 2. The van der Waals surface area contributed by atoms with Crippen molar-refractivity contribution in [2.24, 2.45) is 5.92 Å². The highest BCUT2D eigenvalue weighted by molar-refractivity contribution is 5.67. The van der Waals surface area contributed by atoms with E-state index in [4.69, 9.17) is 9.47 Å². The van der Waals surface area contributed by atoms with Gasteiger partial charge in [-0.15, -0.1) is 0 Å². The van der Waals surface area contributed by atoms with Gasteiger partial charge in [-0.25, -0.2) is 4.79 Å². The van der Waals surface area contributed by atoms with Gasteiger partial charge in [0, 0.05) is 20.2 Å². The maximum absolute atomic E-state index is 13.6. The van der Waals surface area contributed by atoms with Gasteiger partial charge in [-0.05, 0) is 65.8 Å². The van der Waals surface area contributed by atoms with E-state index in [1.165, 1.54) is 19.2 Å². The van der Waals surface area contributed by atoms with Crippen LogP contribution in [0.2, 0.25) is 0 Å². The number of hydrogen-bond acceptors (Lipinski definition) is 4. The molecule has 2 aromatic carbocycles. The lowest BCUT2D eigenvalue weighted by Crippen LogP contribution is -2.31. The molecule has 11 heteroatoms. The molecule has 0 aliphatic heterocycles. The summed E-state index contributed by atoms with van der Waals surface area (Å²) in [6, 6.07) is 7.57. The summed E-state index contributed by atoms with van der Waals surface area (Å²) in [7, 11) is 2.54. The Kier molecular flexibility index (Phi) is 9.31. The van der Waals surface area contributed by atoms with Crippen LogP contribution in [0, 0.1) is 17.2 Å². The minimum atomic E-state index is -4.74. The van der Waals surface area contributed by atoms with E-state index in [1.807, 2.05) is 0 Å². The summed E-state index contributed by atoms with van der Waals surface area (Å²) in [5, 5.41) is 9.19. The number of hydrogen-bond donors (Lipinski definition) is 0. The van der Waals surface area contributed by atoms with Crippen molar-refractivity contribution < 1.29 is 40.6 Å². The number of carbonyl (C=O) groups excluding carboxylic acids is 1. The van der Waals surface area contributed by atoms with Gasteiger partial charge in [-0.1, -0.05) is 25.3 Å². The minimum absolute atomic E-state index is 0.0223. The number of nitriles is 1. The Bertz CT molecular complexity index is 1170. The Hall–Kier alpha value is -3.26. The molecular formula is C27H28F6N2O3. The first-order valence-corrected chi connectivity index (χ1v) is 12.0. The molecule has 5 nitrogen and oxygen atoms in total. The Morgan fingerprint density at radius 1 is 0.974 bits per heavy atom. The fraction of sp³-hybridized carbons (Fsp3) is 0.481. The van der Waals surface area contributed by atoms with E-state index in [2.05, 4.69) is 0 Å². The molecule has 0 aromatic heterocycles. The number of amides is 1. The number of alkyl halides is 6. The van der Waals surface area contributed by atoms with Gasteiger partial charge >= 0.3 is 18.4 Å². The van der Waals surface area contributed by atoms with Crippen LogP contribution in [0.4, 0.5) is 31.1 Å². The summed E-state index contributed by atoms with van der Waals surface area (Å²) in [6.45, 7) is -0.807. The first-order valence-electron chi connectivity index (χ1n) is 12.0. The van der Waals surface area contributed by atoms with Gasteiger partial charge in [0.15, 0.2) is 0 Å². The zero-order valence-electron chi connectivity index (χ0n) is 21.0. The number of nitrogens with zero attached hydrogens (tertiary/aromatic N) is 2. The molecule has 2 aromatic rings. The zero-order chi connectivity index (χ0) is 28.1. The van der Waals surface area contributed by atoms with Crippen LogP contribution in [0.1, 0.15) is 71.6 Å². The molecule has 0 spiro atoms. The van der Waals surface area contributed by atoms with Gasteiger partial charge in [0.2, 0.25) is 0 Å². The summed E-state index contributed by atoms with van der Waals surface area (Å²) < 4.78 is 91.5. The molecule has 0 radical (unpaired) electrons. The molecule has 1 atom stereocenters. The molecule has 1 aliphatic carbocycles. The van der Waals surface area contributed by atoms with Crippen LogP contribution in [0.5, 0.6) is 0 Å². The lowest BCUT2D eigenvalue weighted by Gasteiger charge is -2.32. The van der Waals surface area contributed by atoms with Crippen molar-refractivity contribution in [3.63, 3.8) is 0 Å². The first-order chi connectivity index (χ1) is 17.9. The quantitative estimate of drug-likeness (QED) is 0.338. The van der Waals surface area contributed by atoms with Gasteiger partial charge in [0.05, 0.1) is 36.0 Å². The second-order valence-electron chi connectivity index (χ2n) is 9.32. The molecule has 0 bridgehead atoms. The van der Waals surface area contributed by atoms with Crippen LogP contribution in [0.25, 0.3) is 0 Å². The highest BCUT2D eigenvalue weighted by Crippen LogP contribution is 2.40. The van der Waals surface area contributed by atoms with Crippen LogP contribution in [-0.4, -0.2) is 25.2 Å². The van der Waals surface area contributed by atoms with Crippen molar-refractivity contribution in [1.29, 1.82) is 5.26 Å². The number of carbonyl (C=O) groups is 1. The van der Waals surface area contributed by atoms with Crippen molar-refractivity contribution in [2.45, 2.75) is 63.7 Å². The van der Waals surface area contributed by atoms with E-state index in [0.717, 1.165) is 62.3 Å². The van der Waals surface area contributed by atoms with Gasteiger partial charge in [-0.2, -0.15) is 31.6 Å². The zero-order valence-corrected chi connectivity index (χ0v) is 21.0. The van der Waals surface area contributed by atoms with Gasteiger partial charge in [0.1, 0.15) is 0 Å². The predicted molar refractivity (Wildman–Crippen MR) is 126 cm³/mol. The first kappa shape index (κ1) is 29.3. The molecule has 0 heterocycles. The summed E-state index contributed by atoms with van der Waals surface area (Å²) in [5.41, 5.74) is -1.67. The summed E-state index contributed by atoms with van der Waals surface area (Å²) in [6.07, 6.45) is -6.21. The van der Waals surface area contributed by atoms with Crippen LogP contribution in [0.15, 0.2) is 36.4 Å². The van der Waals surface area contributed by atoms with Crippen LogP contribution < -0.4 is 0 Å². The number of halogens is 6. The van der Waals surface area contributed by atoms with Crippen molar-refractivity contribution in [3.05, 3.63) is 69.8 Å². The molecule has 1 fully saturated rings. The largest absolute Gasteiger partial charge is 0.453 e. The van der Waals surface area contributed by atoms with Crippen LogP contribution >= 0.6 is 0 Å². The molecular weight excluding hydrogens is 514 g/mol. The van der Waals surface area contributed by atoms with Crippen molar-refractivity contribution in [3.8, 4) is 6.07 Å². The standard InChI is InChI=1S/C27H28F6N2O3/c1-37-24(19-6-4-3-5-7-19)23-9-8-21(26(28,29)30)13-20(23)16-35(25(36)38-2)15-18-10-17(14-34)11-22(12-18)27(31,32)33/h8-13,19,24H,3-7,15-16H2,1-2H3. The van der Waals surface area contributed by atoms with Gasteiger partial charge in [-0.3, -0.25) is 4.90 Å². The van der Waals surface area contributed by atoms with Crippen LogP contribution in [0.3, 0.4) is 0 Å². The second-order valence-corrected chi connectivity index (χ2v) is 9.32.